The van der Waals surface area contributed by atoms with Gasteiger partial charge in [0.2, 0.25) is 0 Å². The Morgan fingerprint density at radius 1 is 1.19 bits per heavy atom. The van der Waals surface area contributed by atoms with E-state index in [1.807, 2.05) is 35.0 Å². The van der Waals surface area contributed by atoms with E-state index in [2.05, 4.69) is 9.88 Å². The van der Waals surface area contributed by atoms with Gasteiger partial charge >= 0.3 is 0 Å². The number of piperazine rings is 1. The summed E-state index contributed by atoms with van der Waals surface area (Å²) in [7, 11) is 0. The molecule has 0 radical (unpaired) electrons. The van der Waals surface area contributed by atoms with Crippen LogP contribution in [0.4, 0.5) is 0 Å². The molecule has 1 atom stereocenters. The smallest absolute Gasteiger partial charge is 0.256 e. The molecule has 142 valence electrons. The molecule has 1 amide bonds. The van der Waals surface area contributed by atoms with Crippen molar-refractivity contribution >= 4 is 17.7 Å². The van der Waals surface area contributed by atoms with Crippen LogP contribution in [-0.2, 0) is 4.74 Å². The highest BCUT2D eigenvalue weighted by molar-refractivity contribution is 7.99. The number of hydrogen-bond acceptors (Lipinski definition) is 5. The van der Waals surface area contributed by atoms with Gasteiger partial charge in [-0.05, 0) is 37.3 Å². The van der Waals surface area contributed by atoms with E-state index in [1.165, 1.54) is 32.1 Å². The summed E-state index contributed by atoms with van der Waals surface area (Å²) in [6.07, 6.45) is 8.10. The minimum atomic E-state index is 0.155. The average Bonchev–Trinajstić information content (AvgIpc) is 3.37. The molecule has 1 aromatic rings. The van der Waals surface area contributed by atoms with Crippen LogP contribution in [0.2, 0.25) is 0 Å². The van der Waals surface area contributed by atoms with Gasteiger partial charge in [0.25, 0.3) is 5.91 Å². The van der Waals surface area contributed by atoms with Crippen molar-refractivity contribution in [2.24, 2.45) is 5.92 Å². The Hall–Kier alpha value is -1.11. The van der Waals surface area contributed by atoms with E-state index >= 15 is 0 Å². The van der Waals surface area contributed by atoms with Crippen molar-refractivity contribution in [2.45, 2.75) is 42.4 Å². The molecule has 1 aliphatic carbocycles. The lowest BCUT2D eigenvalue weighted by Gasteiger charge is -2.36. The molecule has 26 heavy (non-hydrogen) atoms. The predicted molar refractivity (Wildman–Crippen MR) is 104 cm³/mol. The Morgan fingerprint density at radius 3 is 2.73 bits per heavy atom. The molecule has 4 rings (SSSR count). The van der Waals surface area contributed by atoms with Gasteiger partial charge in [-0.15, -0.1) is 11.8 Å². The molecule has 5 nitrogen and oxygen atoms in total. The summed E-state index contributed by atoms with van der Waals surface area (Å²) in [5.74, 6) is 0.826. The quantitative estimate of drug-likeness (QED) is 0.792. The standard InChI is InChI=1S/C20H29N3O2S/c24-20(18-6-3-8-21-19(18)26-17-4-1-2-5-17)23-11-9-22(10-12-23)14-16-7-13-25-15-16/h3,6,8,16-17H,1-2,4-5,7,9-15H2. The largest absolute Gasteiger partial charge is 0.381 e. The van der Waals surface area contributed by atoms with Crippen LogP contribution in [0.15, 0.2) is 23.4 Å². The van der Waals surface area contributed by atoms with Crippen LogP contribution in [0.25, 0.3) is 0 Å². The van der Waals surface area contributed by atoms with Crippen LogP contribution in [-0.4, -0.2) is 71.9 Å². The molecule has 2 aliphatic heterocycles. The van der Waals surface area contributed by atoms with Gasteiger partial charge < -0.3 is 9.64 Å². The molecule has 0 bridgehead atoms. The Morgan fingerprint density at radius 2 is 2.00 bits per heavy atom. The second-order valence-corrected chi connectivity index (χ2v) is 8.99. The number of thioether (sulfide) groups is 1. The predicted octanol–water partition coefficient (Wildman–Crippen LogP) is 2.91. The molecular weight excluding hydrogens is 346 g/mol. The lowest BCUT2D eigenvalue weighted by Crippen LogP contribution is -2.50. The fourth-order valence-electron chi connectivity index (χ4n) is 4.21. The van der Waals surface area contributed by atoms with E-state index in [0.29, 0.717) is 11.2 Å². The maximum atomic E-state index is 13.1. The van der Waals surface area contributed by atoms with Crippen molar-refractivity contribution in [1.29, 1.82) is 0 Å². The lowest BCUT2D eigenvalue weighted by molar-refractivity contribution is 0.0607. The van der Waals surface area contributed by atoms with E-state index in [4.69, 9.17) is 4.74 Å². The average molecular weight is 376 g/mol. The van der Waals surface area contributed by atoms with E-state index < -0.39 is 0 Å². The molecule has 1 aromatic heterocycles. The molecule has 1 unspecified atom stereocenters. The van der Waals surface area contributed by atoms with Crippen LogP contribution in [0.3, 0.4) is 0 Å². The highest BCUT2D eigenvalue weighted by atomic mass is 32.2. The third-order valence-corrected chi connectivity index (χ3v) is 7.14. The van der Waals surface area contributed by atoms with E-state index in [0.717, 1.165) is 56.5 Å². The van der Waals surface area contributed by atoms with Gasteiger partial charge in [0, 0.05) is 50.8 Å². The summed E-state index contributed by atoms with van der Waals surface area (Å²) in [5.41, 5.74) is 0.794. The molecule has 0 spiro atoms. The molecule has 1 saturated carbocycles. The van der Waals surface area contributed by atoms with Gasteiger partial charge in [-0.25, -0.2) is 4.98 Å². The zero-order chi connectivity index (χ0) is 17.8. The summed E-state index contributed by atoms with van der Waals surface area (Å²) < 4.78 is 5.48. The zero-order valence-corrected chi connectivity index (χ0v) is 16.3. The fourth-order valence-corrected chi connectivity index (χ4v) is 5.50. The first-order valence-electron chi connectivity index (χ1n) is 10.0. The molecule has 6 heteroatoms. The highest BCUT2D eigenvalue weighted by Crippen LogP contribution is 2.35. The normalized spacial score (nSPS) is 25.1. The third kappa shape index (κ3) is 4.41. The summed E-state index contributed by atoms with van der Waals surface area (Å²) >= 11 is 1.81. The van der Waals surface area contributed by atoms with E-state index in [1.54, 1.807) is 0 Å². The Balaban J connectivity index is 1.34. The van der Waals surface area contributed by atoms with Gasteiger partial charge in [-0.3, -0.25) is 9.69 Å². The topological polar surface area (TPSA) is 45.7 Å². The molecule has 0 aromatic carbocycles. The van der Waals surface area contributed by atoms with Gasteiger partial charge in [0.15, 0.2) is 0 Å². The molecule has 3 heterocycles. The summed E-state index contributed by atoms with van der Waals surface area (Å²) in [5, 5.41) is 1.55. The van der Waals surface area contributed by atoms with E-state index in [9.17, 15) is 4.79 Å². The first-order chi connectivity index (χ1) is 12.8. The second kappa shape index (κ2) is 8.72. The van der Waals surface area contributed by atoms with Gasteiger partial charge in [-0.1, -0.05) is 12.8 Å². The minimum absolute atomic E-state index is 0.155. The zero-order valence-electron chi connectivity index (χ0n) is 15.4. The third-order valence-electron chi connectivity index (χ3n) is 5.78. The van der Waals surface area contributed by atoms with Crippen LogP contribution in [0.1, 0.15) is 42.5 Å². The number of rotatable bonds is 5. The molecule has 2 saturated heterocycles. The number of hydrogen-bond donors (Lipinski definition) is 0. The molecule has 3 aliphatic rings. The molecule has 0 N–H and O–H groups in total. The van der Waals surface area contributed by atoms with Crippen LogP contribution < -0.4 is 0 Å². The number of aromatic nitrogens is 1. The highest BCUT2D eigenvalue weighted by Gasteiger charge is 2.27. The van der Waals surface area contributed by atoms with Gasteiger partial charge in [0.05, 0.1) is 12.2 Å². The Kier molecular flexibility index (Phi) is 6.12. The van der Waals surface area contributed by atoms with Gasteiger partial charge in [-0.2, -0.15) is 0 Å². The Bertz CT molecular complexity index is 607. The lowest BCUT2D eigenvalue weighted by atomic mass is 10.1. The monoisotopic (exact) mass is 375 g/mol. The SMILES string of the molecule is O=C(c1cccnc1SC1CCCC1)N1CCN(CC2CCOC2)CC1. The van der Waals surface area contributed by atoms with Crippen LogP contribution >= 0.6 is 11.8 Å². The number of pyridine rings is 1. The van der Waals surface area contributed by atoms with Gasteiger partial charge in [0.1, 0.15) is 5.03 Å². The molecular formula is C20H29N3O2S. The van der Waals surface area contributed by atoms with Crippen molar-refractivity contribution < 1.29 is 9.53 Å². The van der Waals surface area contributed by atoms with Crippen molar-refractivity contribution in [3.63, 3.8) is 0 Å². The van der Waals surface area contributed by atoms with Crippen molar-refractivity contribution in [3.8, 4) is 0 Å². The second-order valence-electron chi connectivity index (χ2n) is 7.70. The summed E-state index contributed by atoms with van der Waals surface area (Å²) in [6.45, 7) is 6.48. The summed E-state index contributed by atoms with van der Waals surface area (Å²) in [6, 6.07) is 3.84. The summed E-state index contributed by atoms with van der Waals surface area (Å²) in [4.78, 5) is 22.1. The minimum Gasteiger partial charge on any atom is -0.381 e. The first kappa shape index (κ1) is 18.3. The van der Waals surface area contributed by atoms with Crippen molar-refractivity contribution in [3.05, 3.63) is 23.9 Å². The maximum absolute atomic E-state index is 13.1. The van der Waals surface area contributed by atoms with Crippen molar-refractivity contribution in [2.75, 3.05) is 45.9 Å². The fraction of sp³-hybridized carbons (Fsp3) is 0.700. The van der Waals surface area contributed by atoms with Crippen LogP contribution in [0.5, 0.6) is 0 Å². The number of nitrogens with zero attached hydrogens (tertiary/aromatic N) is 3. The maximum Gasteiger partial charge on any atom is 0.256 e. The number of amides is 1. The molecule has 3 fully saturated rings. The Labute approximate surface area is 160 Å². The van der Waals surface area contributed by atoms with E-state index in [-0.39, 0.29) is 5.91 Å². The first-order valence-corrected chi connectivity index (χ1v) is 10.9. The van der Waals surface area contributed by atoms with Crippen LogP contribution in [0, 0.1) is 5.92 Å². The number of carbonyl (C=O) groups is 1. The number of ether oxygens (including phenoxy) is 1. The number of carbonyl (C=O) groups excluding carboxylic acids is 1. The van der Waals surface area contributed by atoms with Crippen molar-refractivity contribution in [1.82, 2.24) is 14.8 Å².